The van der Waals surface area contributed by atoms with E-state index in [0.717, 1.165) is 12.1 Å². The second kappa shape index (κ2) is 6.54. The summed E-state index contributed by atoms with van der Waals surface area (Å²) in [6.45, 7) is -5.73. The maximum atomic E-state index is 14.5. The van der Waals surface area contributed by atoms with E-state index in [1.165, 1.54) is 18.2 Å². The lowest BCUT2D eigenvalue weighted by Gasteiger charge is -2.10. The number of aromatic nitrogens is 2. The first-order valence-electron chi connectivity index (χ1n) is 11.0. The van der Waals surface area contributed by atoms with Gasteiger partial charge < -0.3 is 5.32 Å². The van der Waals surface area contributed by atoms with Crippen LogP contribution in [0.5, 0.6) is 0 Å². The molecule has 3 aromatic rings. The Morgan fingerprint density at radius 3 is 3.08 bits per heavy atom. The third kappa shape index (κ3) is 2.95. The highest BCUT2D eigenvalue weighted by Crippen LogP contribution is 2.28. The normalized spacial score (nSPS) is 18.1. The number of pyridine rings is 1. The van der Waals surface area contributed by atoms with Crippen molar-refractivity contribution in [1.82, 2.24) is 14.3 Å². The topological polar surface area (TPSA) is 64.0 Å². The van der Waals surface area contributed by atoms with Gasteiger partial charge in [0, 0.05) is 37.5 Å². The van der Waals surface area contributed by atoms with Gasteiger partial charge in [-0.05, 0) is 42.8 Å². The van der Waals surface area contributed by atoms with E-state index in [1.54, 1.807) is 5.32 Å². The van der Waals surface area contributed by atoms with Gasteiger partial charge in [-0.25, -0.2) is 16.8 Å². The van der Waals surface area contributed by atoms with E-state index in [0.29, 0.717) is 10.2 Å². The number of nitrogens with one attached hydrogen (secondary N) is 1. The second-order valence-corrected chi connectivity index (χ2v) is 6.31. The van der Waals surface area contributed by atoms with Crippen molar-refractivity contribution in [2.45, 2.75) is 11.4 Å². The van der Waals surface area contributed by atoms with Gasteiger partial charge in [0.2, 0.25) is 0 Å². The summed E-state index contributed by atoms with van der Waals surface area (Å²) in [6, 6.07) is 4.04. The van der Waals surface area contributed by atoms with Crippen LogP contribution in [0.3, 0.4) is 0 Å². The largest absolute Gasteiger partial charge is 0.316 e. The van der Waals surface area contributed by atoms with Crippen LogP contribution in [0.1, 0.15) is 17.9 Å². The van der Waals surface area contributed by atoms with E-state index in [1.807, 2.05) is 0 Å². The Hall–Kier alpha value is -2.51. The molecule has 7 heteroatoms. The van der Waals surface area contributed by atoms with Crippen LogP contribution in [0.15, 0.2) is 65.9 Å². The molecule has 3 rings (SSSR count). The molecule has 0 saturated carbocycles. The van der Waals surface area contributed by atoms with Gasteiger partial charge >= 0.3 is 0 Å². The predicted molar refractivity (Wildman–Crippen MR) is 89.4 cm³/mol. The molecule has 0 saturated heterocycles. The van der Waals surface area contributed by atoms with Crippen molar-refractivity contribution in [2.24, 2.45) is 0 Å². The molecule has 2 aromatic heterocycles. The highest BCUT2D eigenvalue weighted by Gasteiger charge is 2.23. The molecule has 0 aliphatic rings. The zero-order valence-corrected chi connectivity index (χ0v) is 12.8. The van der Waals surface area contributed by atoms with Gasteiger partial charge in [0.1, 0.15) is 10.7 Å². The molecule has 2 heterocycles. The number of hydrogen-bond acceptors (Lipinski definition) is 4. The fourth-order valence-corrected chi connectivity index (χ4v) is 3.29. The summed E-state index contributed by atoms with van der Waals surface area (Å²) in [5, 5.41) is 1.74. The summed E-state index contributed by atoms with van der Waals surface area (Å²) in [6.07, 6.45) is -1.09. The first-order valence-corrected chi connectivity index (χ1v) is 7.97. The van der Waals surface area contributed by atoms with Crippen molar-refractivity contribution in [3.05, 3.63) is 72.3 Å². The summed E-state index contributed by atoms with van der Waals surface area (Å²) in [5.41, 5.74) is -1.19. The highest BCUT2D eigenvalue weighted by molar-refractivity contribution is 7.90. The molecule has 0 spiro atoms. The van der Waals surface area contributed by atoms with E-state index < -0.39 is 69.9 Å². The fraction of sp³-hybridized carbons (Fsp3) is 0.118. The lowest BCUT2D eigenvalue weighted by molar-refractivity contribution is 0.587. The van der Waals surface area contributed by atoms with E-state index in [-0.39, 0.29) is 5.56 Å². The van der Waals surface area contributed by atoms with Crippen molar-refractivity contribution >= 4 is 10.0 Å². The van der Waals surface area contributed by atoms with Gasteiger partial charge in [0.05, 0.1) is 11.2 Å². The Morgan fingerprint density at radius 2 is 2.29 bits per heavy atom. The Bertz CT molecular complexity index is 1340. The Balaban J connectivity index is 2.35. The van der Waals surface area contributed by atoms with Crippen molar-refractivity contribution in [3.8, 4) is 11.3 Å². The molecule has 5 nitrogen and oxygen atoms in total. The summed E-state index contributed by atoms with van der Waals surface area (Å²) in [5.74, 6) is -0.874. The zero-order valence-electron chi connectivity index (χ0n) is 21.0. The molecule has 0 atom stereocenters. The molecule has 1 N–H and O–H groups in total. The quantitative estimate of drug-likeness (QED) is 0.765. The van der Waals surface area contributed by atoms with Crippen LogP contribution >= 0.6 is 0 Å². The zero-order chi connectivity index (χ0) is 24.9. The van der Waals surface area contributed by atoms with Gasteiger partial charge in [-0.15, -0.1) is 0 Å². The number of halogens is 1. The lowest BCUT2D eigenvalue weighted by atomic mass is 10.1. The average molecular weight is 354 g/mol. The summed E-state index contributed by atoms with van der Waals surface area (Å²) in [7, 11) is -4.94. The molecule has 0 aliphatic heterocycles. The second-order valence-electron chi connectivity index (χ2n) is 4.56. The molecule has 24 heavy (non-hydrogen) atoms. The standard InChI is InChI=1S/C17H16FN3O2S/c1-19-10-13-9-17(15-6-2-3-7-16(15)18)21(12-13)24(22,23)14-5-4-8-20-11-14/h2-9,11-12,19H,10H2,1H3/i1D3,4D,5D,8D,10D2,11D. The third-order valence-electron chi connectivity index (χ3n) is 3.10. The molecule has 0 radical (unpaired) electrons. The Labute approximate surface area is 152 Å². The van der Waals surface area contributed by atoms with Crippen molar-refractivity contribution in [3.63, 3.8) is 0 Å². The van der Waals surface area contributed by atoms with Crippen LogP contribution in [-0.2, 0) is 16.5 Å². The maximum absolute atomic E-state index is 14.5. The molecular weight excluding hydrogens is 329 g/mol. The number of rotatable bonds is 5. The Kier molecular flexibility index (Phi) is 2.33. The lowest BCUT2D eigenvalue weighted by Crippen LogP contribution is -2.14. The maximum Gasteiger partial charge on any atom is 0.269 e. The molecule has 0 aliphatic carbocycles. The highest BCUT2D eigenvalue weighted by atomic mass is 32.2. The monoisotopic (exact) mass is 354 g/mol. The van der Waals surface area contributed by atoms with Crippen molar-refractivity contribution < 1.29 is 25.1 Å². The minimum atomic E-state index is -4.94. The van der Waals surface area contributed by atoms with Gasteiger partial charge in [0.15, 0.2) is 0 Å². The van der Waals surface area contributed by atoms with E-state index in [9.17, 15) is 12.8 Å². The summed E-state index contributed by atoms with van der Waals surface area (Å²) < 4.78 is 111. The molecule has 0 amide bonds. The molecule has 0 bridgehead atoms. The smallest absolute Gasteiger partial charge is 0.269 e. The van der Waals surface area contributed by atoms with E-state index in [4.69, 9.17) is 12.3 Å². The summed E-state index contributed by atoms with van der Waals surface area (Å²) >= 11 is 0. The van der Waals surface area contributed by atoms with E-state index in [2.05, 4.69) is 4.98 Å². The minimum absolute atomic E-state index is 0.286. The van der Waals surface area contributed by atoms with Gasteiger partial charge in [-0.1, -0.05) is 12.1 Å². The van der Waals surface area contributed by atoms with Crippen LogP contribution in [0, 0.1) is 5.82 Å². The third-order valence-corrected chi connectivity index (χ3v) is 4.63. The van der Waals surface area contributed by atoms with Gasteiger partial charge in [-0.2, -0.15) is 0 Å². The predicted octanol–water partition coefficient (Wildman–Crippen LogP) is 2.65. The van der Waals surface area contributed by atoms with Crippen LogP contribution in [0.4, 0.5) is 4.39 Å². The van der Waals surface area contributed by atoms with Crippen LogP contribution in [-0.4, -0.2) is 24.4 Å². The average Bonchev–Trinajstić information content (AvgIpc) is 3.11. The van der Waals surface area contributed by atoms with Gasteiger partial charge in [-0.3, -0.25) is 4.98 Å². The van der Waals surface area contributed by atoms with Crippen LogP contribution < -0.4 is 5.32 Å². The number of hydrogen-bond donors (Lipinski definition) is 1. The van der Waals surface area contributed by atoms with Crippen LogP contribution in [0.25, 0.3) is 11.3 Å². The first-order chi connectivity index (χ1) is 15.1. The number of nitrogens with zero attached hydrogens (tertiary/aromatic N) is 2. The molecule has 1 aromatic carbocycles. The van der Waals surface area contributed by atoms with Gasteiger partial charge in [0.25, 0.3) is 10.0 Å². The minimum Gasteiger partial charge on any atom is -0.316 e. The van der Waals surface area contributed by atoms with Crippen molar-refractivity contribution in [1.29, 1.82) is 0 Å². The molecular formula is C17H16FN3O2S. The fourth-order valence-electron chi connectivity index (χ4n) is 2.09. The van der Waals surface area contributed by atoms with E-state index >= 15 is 0 Å². The van der Waals surface area contributed by atoms with Crippen molar-refractivity contribution in [2.75, 3.05) is 6.98 Å². The number of benzene rings is 1. The molecule has 0 fully saturated rings. The molecule has 124 valence electrons. The summed E-state index contributed by atoms with van der Waals surface area (Å²) in [4.78, 5) is 2.30. The first kappa shape index (κ1) is 8.55. The van der Waals surface area contributed by atoms with Crippen LogP contribution in [0.2, 0.25) is 0 Å². The Morgan fingerprint density at radius 1 is 1.46 bits per heavy atom. The molecule has 0 unspecified atom stereocenters. The SMILES string of the molecule is [2H]c1nc([2H])c(S(=O)(=O)n2cc(C([2H])([2H])NC([2H])([2H])[2H])cc2-c2ccccc2F)c([2H])c1[2H].